The fourth-order valence-corrected chi connectivity index (χ4v) is 2.73. The third-order valence-corrected chi connectivity index (χ3v) is 4.26. The van der Waals surface area contributed by atoms with Crippen molar-refractivity contribution in [2.24, 2.45) is 0 Å². The number of esters is 2. The van der Waals surface area contributed by atoms with Crippen molar-refractivity contribution >= 4 is 23.5 Å². The number of likely N-dealkylation sites (N-methyl/N-ethyl adjacent to an activating group) is 1. The molecule has 7 heteroatoms. The Labute approximate surface area is 153 Å². The summed E-state index contributed by atoms with van der Waals surface area (Å²) in [6, 6.07) is 5.95. The molecule has 1 heterocycles. The third kappa shape index (κ3) is 5.56. The van der Waals surface area contributed by atoms with Crippen molar-refractivity contribution in [2.45, 2.75) is 39.2 Å². The first-order valence-electron chi connectivity index (χ1n) is 9.02. The number of cyclic esters (lactones) is 1. The van der Waals surface area contributed by atoms with Crippen molar-refractivity contribution in [1.29, 1.82) is 0 Å². The van der Waals surface area contributed by atoms with Gasteiger partial charge in [0.2, 0.25) is 5.91 Å². The maximum absolute atomic E-state index is 12.2. The zero-order chi connectivity index (χ0) is 18.9. The van der Waals surface area contributed by atoms with Gasteiger partial charge in [0.15, 0.2) is 0 Å². The molecule has 1 saturated heterocycles. The summed E-state index contributed by atoms with van der Waals surface area (Å²) in [5.74, 6) is -1.01. The number of carbonyl (C=O) groups excluding carboxylic acids is 3. The van der Waals surface area contributed by atoms with E-state index in [1.54, 1.807) is 24.3 Å². The van der Waals surface area contributed by atoms with Gasteiger partial charge in [0.25, 0.3) is 0 Å². The minimum atomic E-state index is -0.554. The van der Waals surface area contributed by atoms with Crippen LogP contribution >= 0.6 is 0 Å². The van der Waals surface area contributed by atoms with E-state index < -0.39 is 6.04 Å². The standard InChI is InChI=1S/C19H26N2O5/c1-3-5-11-25-18(23)14-6-8-15(9-7-14)20-17(22)13-16-19(24)26-12-10-21(16)4-2/h6-9,16H,3-5,10-13H2,1-2H3,(H,20,22)/t16-/m1/s1. The maximum Gasteiger partial charge on any atom is 0.338 e. The van der Waals surface area contributed by atoms with Gasteiger partial charge in [0, 0.05) is 12.2 Å². The molecule has 0 aromatic heterocycles. The second kappa shape index (κ2) is 9.91. The highest BCUT2D eigenvalue weighted by Crippen LogP contribution is 2.15. The molecule has 0 saturated carbocycles. The lowest BCUT2D eigenvalue weighted by Gasteiger charge is -2.32. The van der Waals surface area contributed by atoms with E-state index in [1.807, 2.05) is 18.7 Å². The van der Waals surface area contributed by atoms with E-state index >= 15 is 0 Å². The van der Waals surface area contributed by atoms with Gasteiger partial charge < -0.3 is 14.8 Å². The number of morpholine rings is 1. The normalized spacial score (nSPS) is 17.5. The fraction of sp³-hybridized carbons (Fsp3) is 0.526. The SMILES string of the molecule is CCCCOC(=O)c1ccc(NC(=O)C[C@@H]2C(=O)OCCN2CC)cc1. The van der Waals surface area contributed by atoms with Crippen molar-refractivity contribution in [1.82, 2.24) is 4.90 Å². The summed E-state index contributed by atoms with van der Waals surface area (Å²) < 4.78 is 10.2. The van der Waals surface area contributed by atoms with E-state index in [4.69, 9.17) is 9.47 Å². The first-order valence-corrected chi connectivity index (χ1v) is 9.02. The van der Waals surface area contributed by atoms with Crippen LogP contribution in [0.2, 0.25) is 0 Å². The van der Waals surface area contributed by atoms with Gasteiger partial charge in [-0.2, -0.15) is 0 Å². The fourth-order valence-electron chi connectivity index (χ4n) is 2.73. The average Bonchev–Trinajstić information content (AvgIpc) is 2.64. The van der Waals surface area contributed by atoms with Gasteiger partial charge in [0.05, 0.1) is 18.6 Å². The Morgan fingerprint density at radius 3 is 2.65 bits per heavy atom. The van der Waals surface area contributed by atoms with Crippen LogP contribution in [0, 0.1) is 0 Å². The lowest BCUT2D eigenvalue weighted by molar-refractivity contribution is -0.158. The molecule has 0 spiro atoms. The molecule has 0 bridgehead atoms. The van der Waals surface area contributed by atoms with E-state index in [0.717, 1.165) is 12.8 Å². The number of ether oxygens (including phenoxy) is 2. The van der Waals surface area contributed by atoms with Crippen LogP contribution < -0.4 is 5.32 Å². The molecule has 7 nitrogen and oxygen atoms in total. The van der Waals surface area contributed by atoms with Gasteiger partial charge in [-0.1, -0.05) is 20.3 Å². The third-order valence-electron chi connectivity index (χ3n) is 4.26. The summed E-state index contributed by atoms with van der Waals surface area (Å²) in [5.41, 5.74) is 0.999. The molecule has 0 aliphatic carbocycles. The zero-order valence-electron chi connectivity index (χ0n) is 15.3. The van der Waals surface area contributed by atoms with Crippen LogP contribution in [0.15, 0.2) is 24.3 Å². The van der Waals surface area contributed by atoms with Gasteiger partial charge in [-0.25, -0.2) is 4.79 Å². The number of rotatable bonds is 8. The Kier molecular flexibility index (Phi) is 7.59. The number of nitrogens with one attached hydrogen (secondary N) is 1. The summed E-state index contributed by atoms with van der Waals surface area (Å²) >= 11 is 0. The summed E-state index contributed by atoms with van der Waals surface area (Å²) in [6.07, 6.45) is 1.83. The van der Waals surface area contributed by atoms with Gasteiger partial charge in [-0.15, -0.1) is 0 Å². The predicted molar refractivity (Wildman–Crippen MR) is 96.9 cm³/mol. The quantitative estimate of drug-likeness (QED) is 0.564. The number of hydrogen-bond acceptors (Lipinski definition) is 6. The zero-order valence-corrected chi connectivity index (χ0v) is 15.3. The van der Waals surface area contributed by atoms with Crippen LogP contribution in [0.4, 0.5) is 5.69 Å². The van der Waals surface area contributed by atoms with Crippen LogP contribution in [0.3, 0.4) is 0 Å². The number of nitrogens with zero attached hydrogens (tertiary/aromatic N) is 1. The topological polar surface area (TPSA) is 84.9 Å². The first kappa shape index (κ1) is 19.9. The molecule has 0 radical (unpaired) electrons. The lowest BCUT2D eigenvalue weighted by Crippen LogP contribution is -2.50. The molecular formula is C19H26N2O5. The molecule has 1 fully saturated rings. The van der Waals surface area contributed by atoms with E-state index in [-0.39, 0.29) is 24.3 Å². The van der Waals surface area contributed by atoms with Crippen LogP contribution in [-0.4, -0.2) is 55.1 Å². The van der Waals surface area contributed by atoms with Crippen LogP contribution in [0.5, 0.6) is 0 Å². The molecule has 2 rings (SSSR count). The molecule has 142 valence electrons. The Morgan fingerprint density at radius 2 is 2.00 bits per heavy atom. The average molecular weight is 362 g/mol. The Balaban J connectivity index is 1.88. The number of amides is 1. The van der Waals surface area contributed by atoms with E-state index in [1.165, 1.54) is 0 Å². The maximum atomic E-state index is 12.2. The van der Waals surface area contributed by atoms with Crippen molar-refractivity contribution in [3.63, 3.8) is 0 Å². The monoisotopic (exact) mass is 362 g/mol. The minimum absolute atomic E-state index is 0.0352. The molecule has 1 aliphatic rings. The summed E-state index contributed by atoms with van der Waals surface area (Å²) in [7, 11) is 0. The highest BCUT2D eigenvalue weighted by atomic mass is 16.5. The summed E-state index contributed by atoms with van der Waals surface area (Å²) in [5, 5.41) is 2.75. The van der Waals surface area contributed by atoms with Crippen molar-refractivity contribution in [3.8, 4) is 0 Å². The van der Waals surface area contributed by atoms with Gasteiger partial charge in [0.1, 0.15) is 12.6 Å². The second-order valence-corrected chi connectivity index (χ2v) is 6.13. The number of benzene rings is 1. The second-order valence-electron chi connectivity index (χ2n) is 6.13. The molecule has 1 aromatic rings. The van der Waals surface area contributed by atoms with Crippen molar-refractivity contribution < 1.29 is 23.9 Å². The molecular weight excluding hydrogens is 336 g/mol. The van der Waals surface area contributed by atoms with Crippen LogP contribution in [0.1, 0.15) is 43.5 Å². The molecule has 1 amide bonds. The predicted octanol–water partition coefficient (Wildman–Crippen LogP) is 2.22. The Morgan fingerprint density at radius 1 is 1.27 bits per heavy atom. The molecule has 1 aliphatic heterocycles. The van der Waals surface area contributed by atoms with Gasteiger partial charge in [-0.05, 0) is 37.2 Å². The summed E-state index contributed by atoms with van der Waals surface area (Å²) in [4.78, 5) is 37.9. The number of unbranched alkanes of at least 4 members (excludes halogenated alkanes) is 1. The molecule has 1 aromatic carbocycles. The summed E-state index contributed by atoms with van der Waals surface area (Å²) in [6.45, 7) is 6.05. The first-order chi connectivity index (χ1) is 12.5. The van der Waals surface area contributed by atoms with E-state index in [9.17, 15) is 14.4 Å². The van der Waals surface area contributed by atoms with E-state index in [0.29, 0.717) is 37.6 Å². The van der Waals surface area contributed by atoms with Gasteiger partial charge in [-0.3, -0.25) is 14.5 Å². The molecule has 1 N–H and O–H groups in total. The van der Waals surface area contributed by atoms with Crippen molar-refractivity contribution in [2.75, 3.05) is 31.6 Å². The van der Waals surface area contributed by atoms with Crippen molar-refractivity contribution in [3.05, 3.63) is 29.8 Å². The van der Waals surface area contributed by atoms with Crippen LogP contribution in [0.25, 0.3) is 0 Å². The van der Waals surface area contributed by atoms with E-state index in [2.05, 4.69) is 5.32 Å². The Bertz CT molecular complexity index is 629. The number of carbonyl (C=O) groups is 3. The minimum Gasteiger partial charge on any atom is -0.463 e. The largest absolute Gasteiger partial charge is 0.463 e. The van der Waals surface area contributed by atoms with Gasteiger partial charge >= 0.3 is 11.9 Å². The number of anilines is 1. The molecule has 0 unspecified atom stereocenters. The number of hydrogen-bond donors (Lipinski definition) is 1. The molecule has 26 heavy (non-hydrogen) atoms. The van der Waals surface area contributed by atoms with Crippen LogP contribution in [-0.2, 0) is 19.1 Å². The highest BCUT2D eigenvalue weighted by molar-refractivity contribution is 5.95. The Hall–Kier alpha value is -2.41. The lowest BCUT2D eigenvalue weighted by atomic mass is 10.1. The smallest absolute Gasteiger partial charge is 0.338 e. The molecule has 1 atom stereocenters. The highest BCUT2D eigenvalue weighted by Gasteiger charge is 2.32.